The highest BCUT2D eigenvalue weighted by molar-refractivity contribution is 5.89. The van der Waals surface area contributed by atoms with Gasteiger partial charge in [-0.25, -0.2) is 4.79 Å². The Balaban J connectivity index is 1.66. The van der Waals surface area contributed by atoms with Crippen molar-refractivity contribution in [2.24, 2.45) is 11.3 Å². The van der Waals surface area contributed by atoms with E-state index in [0.717, 1.165) is 36.9 Å². The Labute approximate surface area is 203 Å². The zero-order valence-corrected chi connectivity index (χ0v) is 20.6. The van der Waals surface area contributed by atoms with Crippen molar-refractivity contribution in [1.29, 1.82) is 0 Å². The minimum absolute atomic E-state index is 0.0700. The summed E-state index contributed by atoms with van der Waals surface area (Å²) in [5.41, 5.74) is 2.13. The third kappa shape index (κ3) is 7.79. The first-order chi connectivity index (χ1) is 16.2. The number of amides is 2. The normalized spacial score (nSPS) is 18.2. The summed E-state index contributed by atoms with van der Waals surface area (Å²) in [6, 6.07) is 17.5. The minimum Gasteiger partial charge on any atom is -0.494 e. The molecule has 1 aliphatic carbocycles. The van der Waals surface area contributed by atoms with Crippen LogP contribution >= 0.6 is 0 Å². The van der Waals surface area contributed by atoms with Gasteiger partial charge < -0.3 is 20.1 Å². The van der Waals surface area contributed by atoms with E-state index in [-0.39, 0.29) is 18.5 Å². The number of rotatable bonds is 9. The summed E-state index contributed by atoms with van der Waals surface area (Å²) >= 11 is 0. The van der Waals surface area contributed by atoms with E-state index >= 15 is 0 Å². The average molecular weight is 467 g/mol. The van der Waals surface area contributed by atoms with E-state index in [2.05, 4.69) is 26.1 Å². The Morgan fingerprint density at radius 1 is 1.00 bits per heavy atom. The fourth-order valence-electron chi connectivity index (χ4n) is 4.64. The summed E-state index contributed by atoms with van der Waals surface area (Å²) in [5, 5.41) is 11.8. The predicted molar refractivity (Wildman–Crippen MR) is 135 cm³/mol. The van der Waals surface area contributed by atoms with E-state index in [9.17, 15) is 9.59 Å². The van der Waals surface area contributed by atoms with Gasteiger partial charge in [0.15, 0.2) is 0 Å². The van der Waals surface area contributed by atoms with Crippen LogP contribution in [0.15, 0.2) is 54.6 Å². The number of anilines is 1. The molecule has 2 amide bonds. The Morgan fingerprint density at radius 3 is 2.24 bits per heavy atom. The van der Waals surface area contributed by atoms with Crippen LogP contribution in [0.3, 0.4) is 0 Å². The number of carbonyl (C=O) groups excluding carboxylic acids is 1. The zero-order valence-electron chi connectivity index (χ0n) is 20.6. The van der Waals surface area contributed by atoms with Gasteiger partial charge in [0.25, 0.3) is 0 Å². The first-order valence-electron chi connectivity index (χ1n) is 12.3. The molecule has 0 bridgehead atoms. The number of ether oxygens (including phenoxy) is 1. The largest absolute Gasteiger partial charge is 0.494 e. The van der Waals surface area contributed by atoms with E-state index in [1.807, 2.05) is 59.5 Å². The van der Waals surface area contributed by atoms with Crippen molar-refractivity contribution in [1.82, 2.24) is 4.90 Å². The third-order valence-corrected chi connectivity index (χ3v) is 6.73. The average Bonchev–Trinajstić information content (AvgIpc) is 2.81. The van der Waals surface area contributed by atoms with Gasteiger partial charge in [0.05, 0.1) is 6.61 Å². The third-order valence-electron chi connectivity index (χ3n) is 6.73. The Kier molecular flexibility index (Phi) is 8.97. The lowest BCUT2D eigenvalue weighted by atomic mass is 9.71. The summed E-state index contributed by atoms with van der Waals surface area (Å²) in [5.74, 6) is 0.574. The Bertz CT molecular complexity index is 914. The second-order valence-corrected chi connectivity index (χ2v) is 10.3. The number of para-hydroxylation sites is 1. The maximum absolute atomic E-state index is 13.3. The predicted octanol–water partition coefficient (Wildman–Crippen LogP) is 6.57. The molecule has 0 unspecified atom stereocenters. The molecule has 1 saturated carbocycles. The molecule has 0 atom stereocenters. The molecule has 2 aromatic carbocycles. The van der Waals surface area contributed by atoms with E-state index in [4.69, 9.17) is 9.84 Å². The van der Waals surface area contributed by atoms with Crippen molar-refractivity contribution in [2.75, 3.05) is 11.9 Å². The van der Waals surface area contributed by atoms with Crippen molar-refractivity contribution < 1.29 is 19.4 Å². The van der Waals surface area contributed by atoms with Gasteiger partial charge in [-0.2, -0.15) is 0 Å². The van der Waals surface area contributed by atoms with Crippen molar-refractivity contribution in [3.63, 3.8) is 0 Å². The number of carboxylic acid groups (broad SMARTS) is 1. The molecule has 0 spiro atoms. The maximum atomic E-state index is 13.3. The molecule has 6 heteroatoms. The van der Waals surface area contributed by atoms with Crippen LogP contribution in [0.5, 0.6) is 5.75 Å². The van der Waals surface area contributed by atoms with Crippen molar-refractivity contribution in [3.05, 3.63) is 60.2 Å². The fraction of sp³-hybridized carbons (Fsp3) is 0.500. The number of urea groups is 1. The van der Waals surface area contributed by atoms with Crippen LogP contribution in [-0.2, 0) is 11.3 Å². The van der Waals surface area contributed by atoms with E-state index in [1.54, 1.807) is 0 Å². The molecule has 34 heavy (non-hydrogen) atoms. The van der Waals surface area contributed by atoms with Gasteiger partial charge in [-0.15, -0.1) is 0 Å². The van der Waals surface area contributed by atoms with Gasteiger partial charge in [0.2, 0.25) is 0 Å². The molecule has 2 aromatic rings. The maximum Gasteiger partial charge on any atom is 0.322 e. The Morgan fingerprint density at radius 2 is 1.65 bits per heavy atom. The molecule has 0 saturated heterocycles. The summed E-state index contributed by atoms with van der Waals surface area (Å²) in [7, 11) is 0. The van der Waals surface area contributed by atoms with E-state index in [1.165, 1.54) is 0 Å². The number of hydrogen-bond acceptors (Lipinski definition) is 3. The van der Waals surface area contributed by atoms with Crippen LogP contribution in [0.2, 0.25) is 0 Å². The first-order valence-corrected chi connectivity index (χ1v) is 12.3. The SMILES string of the molecule is CC(C)(C)C1CCC(N(Cc2ccc(OCCCC(=O)O)cc2)C(=O)Nc2ccccc2)CC1. The standard InChI is InChI=1S/C28H38N2O4/c1-28(2,3)22-13-15-24(16-14-22)30(27(33)29-23-8-5-4-6-9-23)20-21-11-17-25(18-12-21)34-19-7-10-26(31)32/h4-6,8-9,11-12,17-18,22,24H,7,10,13-16,19-20H2,1-3H3,(H,29,33)(H,31,32). The summed E-state index contributed by atoms with van der Waals surface area (Å²) in [4.78, 5) is 25.9. The molecule has 0 heterocycles. The monoisotopic (exact) mass is 466 g/mol. The minimum atomic E-state index is -0.815. The van der Waals surface area contributed by atoms with Gasteiger partial charge in [-0.05, 0) is 73.3 Å². The van der Waals surface area contributed by atoms with Crippen LogP contribution in [-0.4, -0.2) is 34.7 Å². The fourth-order valence-corrected chi connectivity index (χ4v) is 4.64. The van der Waals surface area contributed by atoms with Crippen LogP contribution in [0.4, 0.5) is 10.5 Å². The Hall–Kier alpha value is -3.02. The van der Waals surface area contributed by atoms with Gasteiger partial charge >= 0.3 is 12.0 Å². The number of nitrogens with zero attached hydrogens (tertiary/aromatic N) is 1. The summed E-state index contributed by atoms with van der Waals surface area (Å²) < 4.78 is 5.65. The number of aliphatic carboxylic acids is 1. The van der Waals surface area contributed by atoms with E-state index < -0.39 is 5.97 Å². The quantitative estimate of drug-likeness (QED) is 0.410. The number of nitrogens with one attached hydrogen (secondary N) is 1. The topological polar surface area (TPSA) is 78.9 Å². The van der Waals surface area contributed by atoms with Crippen LogP contribution < -0.4 is 10.1 Å². The highest BCUT2D eigenvalue weighted by Gasteiger charge is 2.33. The highest BCUT2D eigenvalue weighted by Crippen LogP contribution is 2.39. The van der Waals surface area contributed by atoms with E-state index in [0.29, 0.717) is 36.7 Å². The molecular formula is C28H38N2O4. The van der Waals surface area contributed by atoms with Crippen molar-refractivity contribution in [3.8, 4) is 5.75 Å². The van der Waals surface area contributed by atoms with Crippen molar-refractivity contribution >= 4 is 17.7 Å². The van der Waals surface area contributed by atoms with Crippen LogP contribution in [0, 0.1) is 11.3 Å². The first kappa shape index (κ1) is 25.6. The molecular weight excluding hydrogens is 428 g/mol. The number of carboxylic acids is 1. The van der Waals surface area contributed by atoms with Crippen LogP contribution in [0.25, 0.3) is 0 Å². The molecule has 3 rings (SSSR count). The van der Waals surface area contributed by atoms with Gasteiger partial charge in [-0.3, -0.25) is 4.79 Å². The lowest BCUT2D eigenvalue weighted by molar-refractivity contribution is -0.137. The zero-order chi connectivity index (χ0) is 24.6. The summed E-state index contributed by atoms with van der Waals surface area (Å²) in [6.45, 7) is 7.83. The molecule has 184 valence electrons. The second-order valence-electron chi connectivity index (χ2n) is 10.3. The van der Waals surface area contributed by atoms with Gasteiger partial charge in [0, 0.05) is 24.7 Å². The second kappa shape index (κ2) is 11.9. The number of hydrogen-bond donors (Lipinski definition) is 2. The number of carbonyl (C=O) groups is 2. The molecule has 1 aliphatic rings. The molecule has 1 fully saturated rings. The lowest BCUT2D eigenvalue weighted by Gasteiger charge is -2.41. The summed E-state index contributed by atoms with van der Waals surface area (Å²) in [6.07, 6.45) is 4.85. The lowest BCUT2D eigenvalue weighted by Crippen LogP contribution is -2.45. The molecule has 6 nitrogen and oxygen atoms in total. The molecule has 2 N–H and O–H groups in total. The van der Waals surface area contributed by atoms with Crippen molar-refractivity contribution in [2.45, 2.75) is 71.9 Å². The van der Waals surface area contributed by atoms with Gasteiger partial charge in [-0.1, -0.05) is 51.1 Å². The highest BCUT2D eigenvalue weighted by atomic mass is 16.5. The van der Waals surface area contributed by atoms with Gasteiger partial charge in [0.1, 0.15) is 5.75 Å². The molecule has 0 aliphatic heterocycles. The molecule has 0 aromatic heterocycles. The van der Waals surface area contributed by atoms with Crippen LogP contribution in [0.1, 0.15) is 64.9 Å². The smallest absolute Gasteiger partial charge is 0.322 e. The number of benzene rings is 2. The molecule has 0 radical (unpaired) electrons.